The summed E-state index contributed by atoms with van der Waals surface area (Å²) in [6.45, 7) is 0.197. The number of hydrogen-bond acceptors (Lipinski definition) is 4. The highest BCUT2D eigenvalue weighted by molar-refractivity contribution is 7.89. The van der Waals surface area contributed by atoms with Crippen molar-refractivity contribution in [3.05, 3.63) is 42.2 Å². The van der Waals surface area contributed by atoms with E-state index in [2.05, 4.69) is 9.82 Å². The zero-order chi connectivity index (χ0) is 13.2. The Morgan fingerprint density at radius 2 is 2.22 bits per heavy atom. The van der Waals surface area contributed by atoms with Gasteiger partial charge in [0.1, 0.15) is 4.90 Å². The first-order chi connectivity index (χ1) is 8.47. The van der Waals surface area contributed by atoms with E-state index in [1.807, 2.05) is 6.07 Å². The van der Waals surface area contributed by atoms with E-state index < -0.39 is 10.0 Å². The van der Waals surface area contributed by atoms with Crippen LogP contribution in [0.15, 0.2) is 41.6 Å². The molecule has 0 aliphatic heterocycles. The summed E-state index contributed by atoms with van der Waals surface area (Å²) in [6, 6.07) is 7.07. The van der Waals surface area contributed by atoms with Gasteiger partial charge in [0.25, 0.3) is 0 Å². The lowest BCUT2D eigenvalue weighted by atomic mass is 10.2. The highest BCUT2D eigenvalue weighted by Gasteiger charge is 2.15. The van der Waals surface area contributed by atoms with Crippen molar-refractivity contribution in [3.8, 4) is 0 Å². The van der Waals surface area contributed by atoms with Crippen molar-refractivity contribution in [2.24, 2.45) is 7.05 Å². The molecule has 0 aliphatic rings. The van der Waals surface area contributed by atoms with Gasteiger partial charge in [-0.1, -0.05) is 12.1 Å². The average Bonchev–Trinajstić information content (AvgIpc) is 2.74. The minimum absolute atomic E-state index is 0.147. The van der Waals surface area contributed by atoms with Gasteiger partial charge < -0.3 is 5.73 Å². The minimum Gasteiger partial charge on any atom is -0.399 e. The third kappa shape index (κ3) is 2.88. The Balaban J connectivity index is 2.10. The molecule has 0 bridgehead atoms. The Hall–Kier alpha value is -1.86. The van der Waals surface area contributed by atoms with E-state index >= 15 is 0 Å². The maximum Gasteiger partial charge on any atom is 0.243 e. The lowest BCUT2D eigenvalue weighted by Gasteiger charge is -2.05. The molecule has 1 aromatic heterocycles. The average molecular weight is 266 g/mol. The van der Waals surface area contributed by atoms with Crippen LogP contribution in [0.5, 0.6) is 0 Å². The van der Waals surface area contributed by atoms with Crippen molar-refractivity contribution < 1.29 is 8.42 Å². The summed E-state index contributed by atoms with van der Waals surface area (Å²) in [4.78, 5) is 0.147. The number of nitrogen functional groups attached to an aromatic ring is 1. The van der Waals surface area contributed by atoms with Crippen molar-refractivity contribution in [1.82, 2.24) is 14.5 Å². The van der Waals surface area contributed by atoms with Crippen LogP contribution >= 0.6 is 0 Å². The molecular formula is C11H14N4O2S. The zero-order valence-corrected chi connectivity index (χ0v) is 10.7. The van der Waals surface area contributed by atoms with Gasteiger partial charge in [0.2, 0.25) is 10.0 Å². The van der Waals surface area contributed by atoms with Crippen LogP contribution in [0.3, 0.4) is 0 Å². The molecule has 1 aromatic carbocycles. The standard InChI is InChI=1S/C11H14N4O2S/c1-15-8-11(7-13-15)18(16,17)14-6-9-3-2-4-10(12)5-9/h2-5,7-8,14H,6,12H2,1H3. The molecule has 0 radical (unpaired) electrons. The largest absolute Gasteiger partial charge is 0.399 e. The minimum atomic E-state index is -3.52. The fraction of sp³-hybridized carbons (Fsp3) is 0.182. The molecule has 0 atom stereocenters. The summed E-state index contributed by atoms with van der Waals surface area (Å²) in [6.07, 6.45) is 2.75. The first kappa shape index (κ1) is 12.6. The van der Waals surface area contributed by atoms with Crippen LogP contribution in [0.25, 0.3) is 0 Å². The molecule has 0 saturated carbocycles. The lowest BCUT2D eigenvalue weighted by Crippen LogP contribution is -2.22. The molecule has 96 valence electrons. The van der Waals surface area contributed by atoms with Gasteiger partial charge in [0, 0.05) is 25.5 Å². The molecule has 3 N–H and O–H groups in total. The molecule has 6 nitrogen and oxygen atoms in total. The first-order valence-corrected chi connectivity index (χ1v) is 6.78. The first-order valence-electron chi connectivity index (χ1n) is 5.30. The van der Waals surface area contributed by atoms with Crippen LogP contribution in [-0.2, 0) is 23.6 Å². The SMILES string of the molecule is Cn1cc(S(=O)(=O)NCc2cccc(N)c2)cn1. The van der Waals surface area contributed by atoms with Gasteiger partial charge in [0.15, 0.2) is 0 Å². The molecule has 2 rings (SSSR count). The molecule has 7 heteroatoms. The third-order valence-electron chi connectivity index (χ3n) is 2.41. The van der Waals surface area contributed by atoms with Gasteiger partial charge in [0.05, 0.1) is 6.20 Å². The normalized spacial score (nSPS) is 11.6. The number of anilines is 1. The van der Waals surface area contributed by atoms with Gasteiger partial charge in [-0.05, 0) is 17.7 Å². The fourth-order valence-electron chi connectivity index (χ4n) is 1.50. The molecular weight excluding hydrogens is 252 g/mol. The Kier molecular flexibility index (Phi) is 3.35. The van der Waals surface area contributed by atoms with E-state index in [0.717, 1.165) is 5.56 Å². The Morgan fingerprint density at radius 1 is 1.44 bits per heavy atom. The molecule has 18 heavy (non-hydrogen) atoms. The van der Waals surface area contributed by atoms with Gasteiger partial charge in [-0.15, -0.1) is 0 Å². The van der Waals surface area contributed by atoms with E-state index in [0.29, 0.717) is 5.69 Å². The van der Waals surface area contributed by atoms with Crippen LogP contribution in [0.1, 0.15) is 5.56 Å². The van der Waals surface area contributed by atoms with E-state index in [-0.39, 0.29) is 11.4 Å². The Labute approximate surface area is 105 Å². The van der Waals surface area contributed by atoms with Crippen molar-refractivity contribution >= 4 is 15.7 Å². The molecule has 0 saturated heterocycles. The molecule has 0 amide bonds. The number of nitrogens with one attached hydrogen (secondary N) is 1. The fourth-order valence-corrected chi connectivity index (χ4v) is 2.50. The number of benzene rings is 1. The van der Waals surface area contributed by atoms with Crippen LogP contribution in [0, 0.1) is 0 Å². The molecule has 0 aliphatic carbocycles. The van der Waals surface area contributed by atoms with Crippen LogP contribution in [-0.4, -0.2) is 18.2 Å². The monoisotopic (exact) mass is 266 g/mol. The number of aromatic nitrogens is 2. The second-order valence-electron chi connectivity index (χ2n) is 3.92. The zero-order valence-electron chi connectivity index (χ0n) is 9.87. The molecule has 0 unspecified atom stereocenters. The number of nitrogens with zero attached hydrogens (tertiary/aromatic N) is 2. The number of sulfonamides is 1. The van der Waals surface area contributed by atoms with E-state index in [1.165, 1.54) is 17.1 Å². The number of aryl methyl sites for hydroxylation is 1. The highest BCUT2D eigenvalue weighted by Crippen LogP contribution is 2.09. The second-order valence-corrected chi connectivity index (χ2v) is 5.69. The van der Waals surface area contributed by atoms with Crippen LogP contribution in [0.4, 0.5) is 5.69 Å². The lowest BCUT2D eigenvalue weighted by molar-refractivity contribution is 0.581. The summed E-state index contributed by atoms with van der Waals surface area (Å²) < 4.78 is 27.8. The van der Waals surface area contributed by atoms with Crippen molar-refractivity contribution in [3.63, 3.8) is 0 Å². The third-order valence-corrected chi connectivity index (χ3v) is 3.76. The summed E-state index contributed by atoms with van der Waals surface area (Å²) in [5.41, 5.74) is 7.03. The molecule has 0 fully saturated rings. The summed E-state index contributed by atoms with van der Waals surface area (Å²) in [5.74, 6) is 0. The Morgan fingerprint density at radius 3 is 2.83 bits per heavy atom. The molecule has 2 aromatic rings. The molecule has 1 heterocycles. The summed E-state index contributed by atoms with van der Waals surface area (Å²) >= 11 is 0. The number of rotatable bonds is 4. The number of nitrogens with two attached hydrogens (primary N) is 1. The van der Waals surface area contributed by atoms with Crippen molar-refractivity contribution in [1.29, 1.82) is 0 Å². The smallest absolute Gasteiger partial charge is 0.243 e. The van der Waals surface area contributed by atoms with Gasteiger partial charge in [-0.25, -0.2) is 13.1 Å². The summed E-state index contributed by atoms with van der Waals surface area (Å²) in [7, 11) is -1.86. The van der Waals surface area contributed by atoms with E-state index in [9.17, 15) is 8.42 Å². The van der Waals surface area contributed by atoms with Gasteiger partial charge in [-0.3, -0.25) is 4.68 Å². The van der Waals surface area contributed by atoms with Crippen LogP contribution < -0.4 is 10.5 Å². The van der Waals surface area contributed by atoms with Crippen LogP contribution in [0.2, 0.25) is 0 Å². The molecule has 0 spiro atoms. The number of hydrogen-bond donors (Lipinski definition) is 2. The van der Waals surface area contributed by atoms with Gasteiger partial charge in [-0.2, -0.15) is 5.10 Å². The highest BCUT2D eigenvalue weighted by atomic mass is 32.2. The predicted octanol–water partition coefficient (Wildman–Crippen LogP) is 0.481. The van der Waals surface area contributed by atoms with Gasteiger partial charge >= 0.3 is 0 Å². The predicted molar refractivity (Wildman–Crippen MR) is 68.1 cm³/mol. The second kappa shape index (κ2) is 4.79. The Bertz CT molecular complexity index is 649. The maximum atomic E-state index is 11.9. The van der Waals surface area contributed by atoms with Crippen molar-refractivity contribution in [2.75, 3.05) is 5.73 Å². The van der Waals surface area contributed by atoms with Crippen molar-refractivity contribution in [2.45, 2.75) is 11.4 Å². The quantitative estimate of drug-likeness (QED) is 0.788. The van der Waals surface area contributed by atoms with E-state index in [4.69, 9.17) is 5.73 Å². The summed E-state index contributed by atoms with van der Waals surface area (Å²) in [5, 5.41) is 3.83. The topological polar surface area (TPSA) is 90.0 Å². The van der Waals surface area contributed by atoms with E-state index in [1.54, 1.807) is 25.2 Å². The maximum absolute atomic E-state index is 11.9.